The van der Waals surface area contributed by atoms with Crippen molar-refractivity contribution in [3.05, 3.63) is 58.8 Å². The lowest BCUT2D eigenvalue weighted by Crippen LogP contribution is -2.40. The largest absolute Gasteiger partial charge is 0.337 e. The van der Waals surface area contributed by atoms with E-state index in [1.807, 2.05) is 24.6 Å². The normalized spacial score (nSPS) is 15.5. The molecule has 1 fully saturated rings. The van der Waals surface area contributed by atoms with Crippen molar-refractivity contribution in [2.24, 2.45) is 5.92 Å². The molecule has 0 atom stereocenters. The highest BCUT2D eigenvalue weighted by atomic mass is 32.1. The molecule has 1 aliphatic heterocycles. The topological polar surface area (TPSA) is 62.5 Å². The number of aromatic nitrogens is 2. The van der Waals surface area contributed by atoms with Crippen LogP contribution in [0.15, 0.2) is 46.3 Å². The molecule has 2 aromatic heterocycles. The van der Waals surface area contributed by atoms with Crippen LogP contribution in [-0.4, -0.2) is 46.0 Å². The molecule has 1 amide bonds. The van der Waals surface area contributed by atoms with Crippen molar-refractivity contribution < 1.29 is 9.32 Å². The molecule has 0 radical (unpaired) electrons. The lowest BCUT2D eigenvalue weighted by atomic mass is 9.94. The number of hydrogen-bond acceptors (Lipinski definition) is 6. The van der Waals surface area contributed by atoms with Gasteiger partial charge in [0.1, 0.15) is 0 Å². The van der Waals surface area contributed by atoms with E-state index in [1.54, 1.807) is 16.2 Å². The Bertz CT molecular complexity index is 945. The summed E-state index contributed by atoms with van der Waals surface area (Å²) in [5.41, 5.74) is 2.69. The smallest absolute Gasteiger partial charge is 0.246 e. The molecule has 0 bridgehead atoms. The Labute approximate surface area is 175 Å². The molecular formula is C22H26N4O2S. The molecule has 1 saturated heterocycles. The van der Waals surface area contributed by atoms with Gasteiger partial charge in [-0.3, -0.25) is 9.69 Å². The highest BCUT2D eigenvalue weighted by Crippen LogP contribution is 2.24. The summed E-state index contributed by atoms with van der Waals surface area (Å²) in [6, 6.07) is 12.4. The number of benzene rings is 1. The fraction of sp³-hybridized carbons (Fsp3) is 0.409. The minimum atomic E-state index is 0.0628. The highest BCUT2D eigenvalue weighted by molar-refractivity contribution is 7.13. The molecular weight excluding hydrogens is 384 g/mol. The Hall–Kier alpha value is -2.51. The first-order chi connectivity index (χ1) is 14.1. The summed E-state index contributed by atoms with van der Waals surface area (Å²) in [5, 5.41) is 6.00. The molecule has 1 aliphatic rings. The van der Waals surface area contributed by atoms with E-state index in [1.165, 1.54) is 11.1 Å². The molecule has 0 spiro atoms. The van der Waals surface area contributed by atoms with Crippen LogP contribution in [0.25, 0.3) is 10.7 Å². The number of likely N-dealkylation sites (tertiary alicyclic amines) is 1. The number of rotatable bonds is 6. The molecule has 3 heterocycles. The van der Waals surface area contributed by atoms with Gasteiger partial charge < -0.3 is 9.42 Å². The van der Waals surface area contributed by atoms with Crippen molar-refractivity contribution in [2.75, 3.05) is 20.1 Å². The summed E-state index contributed by atoms with van der Waals surface area (Å²) in [6.45, 7) is 5.35. The second kappa shape index (κ2) is 8.88. The number of carbonyl (C=O) groups is 1. The van der Waals surface area contributed by atoms with Gasteiger partial charge in [-0.05, 0) is 55.4 Å². The Balaban J connectivity index is 1.28. The second-order valence-corrected chi connectivity index (χ2v) is 8.61. The zero-order valence-corrected chi connectivity index (χ0v) is 17.7. The minimum Gasteiger partial charge on any atom is -0.337 e. The molecule has 1 aromatic carbocycles. The van der Waals surface area contributed by atoms with Crippen LogP contribution in [0.5, 0.6) is 0 Å². The molecule has 0 N–H and O–H groups in total. The summed E-state index contributed by atoms with van der Waals surface area (Å²) in [7, 11) is 1.82. The van der Waals surface area contributed by atoms with Gasteiger partial charge in [-0.25, -0.2) is 0 Å². The number of carbonyl (C=O) groups excluding carboxylic acids is 1. The van der Waals surface area contributed by atoms with Crippen molar-refractivity contribution >= 4 is 17.2 Å². The number of amides is 1. The Kier molecular flexibility index (Phi) is 6.06. The summed E-state index contributed by atoms with van der Waals surface area (Å²) < 4.78 is 5.33. The average Bonchev–Trinajstić information content (AvgIpc) is 3.41. The lowest BCUT2D eigenvalue weighted by molar-refractivity contribution is -0.136. The number of nitrogens with zero attached hydrogens (tertiary/aromatic N) is 4. The molecule has 0 aliphatic carbocycles. The van der Waals surface area contributed by atoms with Gasteiger partial charge in [0.15, 0.2) is 0 Å². The SMILES string of the molecule is Cc1ccccc1CN1CCC(C(=O)N(C)Cc2nc(-c3cccs3)no2)CC1. The number of hydrogen-bond donors (Lipinski definition) is 0. The second-order valence-electron chi connectivity index (χ2n) is 7.66. The van der Waals surface area contributed by atoms with E-state index >= 15 is 0 Å². The zero-order chi connectivity index (χ0) is 20.2. The van der Waals surface area contributed by atoms with Gasteiger partial charge in [0.05, 0.1) is 11.4 Å². The Morgan fingerprint density at radius 1 is 1.24 bits per heavy atom. The van der Waals surface area contributed by atoms with E-state index < -0.39 is 0 Å². The van der Waals surface area contributed by atoms with Crippen LogP contribution in [0, 0.1) is 12.8 Å². The van der Waals surface area contributed by atoms with Crippen molar-refractivity contribution in [2.45, 2.75) is 32.9 Å². The summed E-state index contributed by atoms with van der Waals surface area (Å²) in [4.78, 5) is 22.4. The van der Waals surface area contributed by atoms with Crippen LogP contribution in [0.1, 0.15) is 29.9 Å². The summed E-state index contributed by atoms with van der Waals surface area (Å²) in [5.74, 6) is 1.28. The van der Waals surface area contributed by atoms with Crippen molar-refractivity contribution in [1.29, 1.82) is 0 Å². The minimum absolute atomic E-state index is 0.0628. The van der Waals surface area contributed by atoms with Crippen molar-refractivity contribution in [1.82, 2.24) is 19.9 Å². The van der Waals surface area contributed by atoms with Gasteiger partial charge in [-0.2, -0.15) is 4.98 Å². The molecule has 0 saturated carbocycles. The predicted molar refractivity (Wildman–Crippen MR) is 113 cm³/mol. The maximum atomic E-state index is 12.9. The Morgan fingerprint density at radius 3 is 2.76 bits per heavy atom. The zero-order valence-electron chi connectivity index (χ0n) is 16.9. The average molecular weight is 411 g/mol. The first-order valence-corrected chi connectivity index (χ1v) is 10.9. The van der Waals surface area contributed by atoms with Crippen LogP contribution in [0.4, 0.5) is 0 Å². The number of piperidine rings is 1. The summed E-state index contributed by atoms with van der Waals surface area (Å²) >= 11 is 1.57. The van der Waals surface area contributed by atoms with Crippen LogP contribution in [0.3, 0.4) is 0 Å². The van der Waals surface area contributed by atoms with Crippen molar-refractivity contribution in [3.63, 3.8) is 0 Å². The van der Waals surface area contributed by atoms with Gasteiger partial charge in [-0.1, -0.05) is 35.5 Å². The van der Waals surface area contributed by atoms with E-state index in [9.17, 15) is 4.79 Å². The fourth-order valence-corrected chi connectivity index (χ4v) is 4.43. The first-order valence-electron chi connectivity index (χ1n) is 9.98. The van der Waals surface area contributed by atoms with Gasteiger partial charge in [0.2, 0.25) is 17.6 Å². The van der Waals surface area contributed by atoms with E-state index in [0.29, 0.717) is 18.3 Å². The first kappa shape index (κ1) is 19.8. The van der Waals surface area contributed by atoms with E-state index in [2.05, 4.69) is 46.2 Å². The molecule has 4 rings (SSSR count). The third-order valence-corrected chi connectivity index (χ3v) is 6.42. The summed E-state index contributed by atoms with van der Waals surface area (Å²) in [6.07, 6.45) is 1.78. The van der Waals surface area contributed by atoms with Crippen molar-refractivity contribution in [3.8, 4) is 10.7 Å². The molecule has 7 heteroatoms. The van der Waals surface area contributed by atoms with Crippen LogP contribution in [-0.2, 0) is 17.9 Å². The highest BCUT2D eigenvalue weighted by Gasteiger charge is 2.28. The standard InChI is InChI=1S/C22H26N4O2S/c1-16-6-3-4-7-18(16)14-26-11-9-17(10-12-26)22(27)25(2)15-20-23-21(24-28-20)19-8-5-13-29-19/h3-8,13,17H,9-12,14-15H2,1-2H3. The monoisotopic (exact) mass is 410 g/mol. The van der Waals surface area contributed by atoms with E-state index in [4.69, 9.17) is 4.52 Å². The number of aryl methyl sites for hydroxylation is 1. The Morgan fingerprint density at radius 2 is 2.03 bits per heavy atom. The third-order valence-electron chi connectivity index (χ3n) is 5.55. The predicted octanol–water partition coefficient (Wildman–Crippen LogP) is 3.98. The van der Waals surface area contributed by atoms with Gasteiger partial charge in [0.25, 0.3) is 0 Å². The lowest BCUT2D eigenvalue weighted by Gasteiger charge is -2.33. The van der Waals surface area contributed by atoms with Gasteiger partial charge in [0, 0.05) is 19.5 Å². The van der Waals surface area contributed by atoms with Gasteiger partial charge >= 0.3 is 0 Å². The number of thiophene rings is 1. The van der Waals surface area contributed by atoms with E-state index in [0.717, 1.165) is 37.4 Å². The maximum Gasteiger partial charge on any atom is 0.246 e. The van der Waals surface area contributed by atoms with Crippen LogP contribution in [0.2, 0.25) is 0 Å². The third kappa shape index (κ3) is 4.74. The molecule has 3 aromatic rings. The quantitative estimate of drug-likeness (QED) is 0.615. The molecule has 0 unspecified atom stereocenters. The van der Waals surface area contributed by atoms with Crippen LogP contribution >= 0.6 is 11.3 Å². The fourth-order valence-electron chi connectivity index (χ4n) is 3.78. The maximum absolute atomic E-state index is 12.9. The van der Waals surface area contributed by atoms with E-state index in [-0.39, 0.29) is 11.8 Å². The molecule has 29 heavy (non-hydrogen) atoms. The molecule has 152 valence electrons. The molecule has 6 nitrogen and oxygen atoms in total. The van der Waals surface area contributed by atoms with Gasteiger partial charge in [-0.15, -0.1) is 11.3 Å². The van der Waals surface area contributed by atoms with Crippen LogP contribution < -0.4 is 0 Å².